The Hall–Kier alpha value is -0.970. The predicted molar refractivity (Wildman–Crippen MR) is 76.8 cm³/mol. The van der Waals surface area contributed by atoms with Crippen LogP contribution in [0.2, 0.25) is 10.0 Å². The van der Waals surface area contributed by atoms with Gasteiger partial charge in [0.05, 0.1) is 21.8 Å². The van der Waals surface area contributed by atoms with Gasteiger partial charge >= 0.3 is 0 Å². The summed E-state index contributed by atoms with van der Waals surface area (Å²) in [6.07, 6.45) is 3.25. The second-order valence-electron chi connectivity index (χ2n) is 4.54. The quantitative estimate of drug-likeness (QED) is 0.841. The third-order valence-electron chi connectivity index (χ3n) is 3.09. The third kappa shape index (κ3) is 3.75. The van der Waals surface area contributed by atoms with Crippen molar-refractivity contribution in [2.24, 2.45) is 0 Å². The van der Waals surface area contributed by atoms with Crippen molar-refractivity contribution in [3.05, 3.63) is 27.7 Å². The first kappa shape index (κ1) is 14.4. The molecular weight excluding hydrogens is 287 g/mol. The Kier molecular flexibility index (Phi) is 4.91. The fourth-order valence-electron chi connectivity index (χ4n) is 2.06. The maximum atomic E-state index is 11.9. The van der Waals surface area contributed by atoms with Crippen molar-refractivity contribution < 1.29 is 9.53 Å². The third-order valence-corrected chi connectivity index (χ3v) is 3.91. The zero-order chi connectivity index (χ0) is 13.8. The summed E-state index contributed by atoms with van der Waals surface area (Å²) in [6.45, 7) is 1.39. The summed E-state index contributed by atoms with van der Waals surface area (Å²) in [6, 6.07) is 3.04. The molecule has 1 aliphatic rings. The molecule has 0 bridgehead atoms. The topological polar surface area (TPSA) is 64.4 Å². The van der Waals surface area contributed by atoms with E-state index in [1.54, 1.807) is 0 Å². The molecule has 1 fully saturated rings. The van der Waals surface area contributed by atoms with Gasteiger partial charge in [0.15, 0.2) is 0 Å². The lowest BCUT2D eigenvalue weighted by Gasteiger charge is -2.11. The van der Waals surface area contributed by atoms with Crippen molar-refractivity contribution in [2.75, 3.05) is 18.9 Å². The van der Waals surface area contributed by atoms with Crippen LogP contribution in [0.15, 0.2) is 12.1 Å². The second kappa shape index (κ2) is 6.46. The molecule has 0 radical (unpaired) electrons. The lowest BCUT2D eigenvalue weighted by molar-refractivity contribution is 0.0907. The number of halogens is 2. The van der Waals surface area contributed by atoms with Gasteiger partial charge in [-0.25, -0.2) is 0 Å². The first-order chi connectivity index (χ1) is 9.08. The first-order valence-electron chi connectivity index (χ1n) is 6.22. The van der Waals surface area contributed by atoms with E-state index >= 15 is 0 Å². The zero-order valence-electron chi connectivity index (χ0n) is 10.4. The summed E-state index contributed by atoms with van der Waals surface area (Å²) in [4.78, 5) is 11.9. The van der Waals surface area contributed by atoms with E-state index < -0.39 is 0 Å². The normalized spacial score (nSPS) is 18.5. The van der Waals surface area contributed by atoms with Gasteiger partial charge in [-0.2, -0.15) is 0 Å². The van der Waals surface area contributed by atoms with Gasteiger partial charge in [-0.1, -0.05) is 23.2 Å². The number of nitrogens with one attached hydrogen (secondary N) is 1. The zero-order valence-corrected chi connectivity index (χ0v) is 11.9. The van der Waals surface area contributed by atoms with Crippen LogP contribution >= 0.6 is 23.2 Å². The molecule has 1 aromatic carbocycles. The molecule has 1 unspecified atom stereocenters. The molecule has 0 aromatic heterocycles. The number of carbonyl (C=O) groups is 1. The lowest BCUT2D eigenvalue weighted by Crippen LogP contribution is -2.27. The van der Waals surface area contributed by atoms with Gasteiger partial charge in [-0.05, 0) is 31.4 Å². The number of hydrogen-bond donors (Lipinski definition) is 2. The summed E-state index contributed by atoms with van der Waals surface area (Å²) in [7, 11) is 0. The van der Waals surface area contributed by atoms with E-state index in [0.717, 1.165) is 25.9 Å². The van der Waals surface area contributed by atoms with E-state index in [0.29, 0.717) is 17.8 Å². The van der Waals surface area contributed by atoms with Crippen LogP contribution in [0.5, 0.6) is 0 Å². The van der Waals surface area contributed by atoms with E-state index in [1.807, 2.05) is 0 Å². The lowest BCUT2D eigenvalue weighted by atomic mass is 10.1. The van der Waals surface area contributed by atoms with E-state index in [-0.39, 0.29) is 22.1 Å². The highest BCUT2D eigenvalue weighted by Gasteiger charge is 2.16. The number of ether oxygens (including phenoxy) is 1. The number of nitrogens with two attached hydrogens (primary N) is 1. The van der Waals surface area contributed by atoms with Gasteiger partial charge in [0.1, 0.15) is 0 Å². The molecule has 1 heterocycles. The van der Waals surface area contributed by atoms with Crippen molar-refractivity contribution in [2.45, 2.75) is 25.4 Å². The Labute approximate surface area is 122 Å². The predicted octanol–water partition coefficient (Wildman–Crippen LogP) is 2.87. The number of carbonyl (C=O) groups excluding carboxylic acids is 1. The molecule has 2 rings (SSSR count). The van der Waals surface area contributed by atoms with Gasteiger partial charge in [-0.15, -0.1) is 0 Å². The van der Waals surface area contributed by atoms with Crippen molar-refractivity contribution in [1.29, 1.82) is 0 Å². The fourth-order valence-corrected chi connectivity index (χ4v) is 2.40. The fraction of sp³-hybridized carbons (Fsp3) is 0.462. The van der Waals surface area contributed by atoms with E-state index in [2.05, 4.69) is 5.32 Å². The van der Waals surface area contributed by atoms with Crippen LogP contribution in [0.3, 0.4) is 0 Å². The summed E-state index contributed by atoms with van der Waals surface area (Å²) in [5.74, 6) is -0.205. The van der Waals surface area contributed by atoms with Crippen molar-refractivity contribution in [3.8, 4) is 0 Å². The van der Waals surface area contributed by atoms with Gasteiger partial charge in [0.25, 0.3) is 5.91 Å². The van der Waals surface area contributed by atoms with Gasteiger partial charge in [0.2, 0.25) is 0 Å². The monoisotopic (exact) mass is 302 g/mol. The number of anilines is 1. The maximum absolute atomic E-state index is 11.9. The Morgan fingerprint density at radius 1 is 1.47 bits per heavy atom. The number of amides is 1. The standard InChI is InChI=1S/C13H16Cl2N2O2/c14-10-6-8(7-11(16)12(10)15)13(18)17-4-3-9-2-1-5-19-9/h6-7,9H,1-5,16H2,(H,17,18). The van der Waals surface area contributed by atoms with Crippen LogP contribution in [0.25, 0.3) is 0 Å². The molecule has 1 aliphatic heterocycles. The highest BCUT2D eigenvalue weighted by Crippen LogP contribution is 2.29. The molecule has 1 amide bonds. The van der Waals surface area contributed by atoms with Gasteiger partial charge in [-0.3, -0.25) is 4.79 Å². The minimum atomic E-state index is -0.205. The maximum Gasteiger partial charge on any atom is 0.251 e. The highest BCUT2D eigenvalue weighted by molar-refractivity contribution is 6.43. The smallest absolute Gasteiger partial charge is 0.251 e. The number of nitrogen functional groups attached to an aromatic ring is 1. The van der Waals surface area contributed by atoms with Crippen LogP contribution < -0.4 is 11.1 Å². The number of hydrogen-bond acceptors (Lipinski definition) is 3. The van der Waals surface area contributed by atoms with Crippen LogP contribution in [-0.4, -0.2) is 25.2 Å². The Morgan fingerprint density at radius 3 is 2.89 bits per heavy atom. The van der Waals surface area contributed by atoms with Crippen LogP contribution in [0.4, 0.5) is 5.69 Å². The summed E-state index contributed by atoms with van der Waals surface area (Å²) < 4.78 is 5.48. The Bertz CT molecular complexity index is 451. The number of benzene rings is 1. The minimum Gasteiger partial charge on any atom is -0.397 e. The largest absolute Gasteiger partial charge is 0.397 e. The molecule has 104 valence electrons. The van der Waals surface area contributed by atoms with Crippen molar-refractivity contribution >= 4 is 34.8 Å². The average molecular weight is 303 g/mol. The first-order valence-corrected chi connectivity index (χ1v) is 6.98. The molecule has 4 nitrogen and oxygen atoms in total. The molecule has 0 saturated carbocycles. The molecule has 1 atom stereocenters. The van der Waals surface area contributed by atoms with Gasteiger partial charge < -0.3 is 15.8 Å². The molecule has 19 heavy (non-hydrogen) atoms. The van der Waals surface area contributed by atoms with Crippen LogP contribution in [0, 0.1) is 0 Å². The second-order valence-corrected chi connectivity index (χ2v) is 5.33. The van der Waals surface area contributed by atoms with Crippen molar-refractivity contribution in [3.63, 3.8) is 0 Å². The summed E-state index contributed by atoms with van der Waals surface area (Å²) >= 11 is 11.7. The van der Waals surface area contributed by atoms with E-state index in [1.165, 1.54) is 12.1 Å². The molecule has 6 heteroatoms. The number of rotatable bonds is 4. The summed E-state index contributed by atoms with van der Waals surface area (Å²) in [5.41, 5.74) is 6.39. The van der Waals surface area contributed by atoms with Crippen LogP contribution in [-0.2, 0) is 4.74 Å². The molecule has 1 saturated heterocycles. The molecule has 1 aromatic rings. The summed E-state index contributed by atoms with van der Waals surface area (Å²) in [5, 5.41) is 3.38. The highest BCUT2D eigenvalue weighted by atomic mass is 35.5. The molecular formula is C13H16Cl2N2O2. The average Bonchev–Trinajstić information content (AvgIpc) is 2.88. The van der Waals surface area contributed by atoms with Gasteiger partial charge in [0, 0.05) is 18.7 Å². The van der Waals surface area contributed by atoms with E-state index in [4.69, 9.17) is 33.7 Å². The Balaban J connectivity index is 1.88. The molecule has 0 aliphatic carbocycles. The molecule has 0 spiro atoms. The SMILES string of the molecule is Nc1cc(C(=O)NCCC2CCCO2)cc(Cl)c1Cl. The van der Waals surface area contributed by atoms with Crippen molar-refractivity contribution in [1.82, 2.24) is 5.32 Å². The van der Waals surface area contributed by atoms with Crippen LogP contribution in [0.1, 0.15) is 29.6 Å². The minimum absolute atomic E-state index is 0.205. The molecule has 3 N–H and O–H groups in total. The van der Waals surface area contributed by atoms with E-state index in [9.17, 15) is 4.79 Å². The Morgan fingerprint density at radius 2 is 2.26 bits per heavy atom.